The lowest BCUT2D eigenvalue weighted by Crippen LogP contribution is -2.21. The van der Waals surface area contributed by atoms with Crippen LogP contribution in [0.25, 0.3) is 0 Å². The Labute approximate surface area is 125 Å². The highest BCUT2D eigenvalue weighted by molar-refractivity contribution is 5.50. The van der Waals surface area contributed by atoms with Gasteiger partial charge in [-0.25, -0.2) is 0 Å². The number of hydrogen-bond donors (Lipinski definition) is 0. The van der Waals surface area contributed by atoms with E-state index in [9.17, 15) is 5.26 Å². The highest BCUT2D eigenvalue weighted by Gasteiger charge is 2.62. The second-order valence-electron chi connectivity index (χ2n) is 6.21. The first-order valence-corrected chi connectivity index (χ1v) is 8.00. The molecule has 2 unspecified atom stereocenters. The number of nitriles is 1. The molecule has 1 aromatic rings. The van der Waals surface area contributed by atoms with Crippen LogP contribution in [0.1, 0.15) is 70.2 Å². The van der Waals surface area contributed by atoms with Gasteiger partial charge in [0.2, 0.25) is 0 Å². The van der Waals surface area contributed by atoms with Gasteiger partial charge in [-0.2, -0.15) is 5.26 Å². The lowest BCUT2D eigenvalue weighted by molar-refractivity contribution is 0.360. The standard InChI is InChI=1S/C15H17N.2C2H6/c1-10-4-11-6-14(2)9-15(14,3)7-13(11)12(5-10)8-16;2*1-2/h4-5H,6-7,9H2,1-3H3;2*1-2H3. The number of rotatable bonds is 0. The minimum atomic E-state index is 0.459. The average molecular weight is 271 g/mol. The zero-order valence-electron chi connectivity index (χ0n) is 14.2. The molecule has 0 bridgehead atoms. The maximum absolute atomic E-state index is 9.22. The lowest BCUT2D eigenvalue weighted by atomic mass is 9.76. The third-order valence-corrected chi connectivity index (χ3v) is 4.87. The van der Waals surface area contributed by atoms with Crippen molar-refractivity contribution in [1.29, 1.82) is 5.26 Å². The summed E-state index contributed by atoms with van der Waals surface area (Å²) in [5, 5.41) is 9.22. The van der Waals surface area contributed by atoms with Crippen LogP contribution in [-0.2, 0) is 12.8 Å². The van der Waals surface area contributed by atoms with E-state index in [0.29, 0.717) is 10.8 Å². The van der Waals surface area contributed by atoms with Crippen LogP contribution >= 0.6 is 0 Å². The molecule has 0 aliphatic heterocycles. The summed E-state index contributed by atoms with van der Waals surface area (Å²) in [6, 6.07) is 6.68. The summed E-state index contributed by atoms with van der Waals surface area (Å²) in [5.74, 6) is 0. The molecular weight excluding hydrogens is 242 g/mol. The Hall–Kier alpha value is -1.29. The van der Waals surface area contributed by atoms with Crippen LogP contribution < -0.4 is 0 Å². The molecule has 0 amide bonds. The zero-order chi connectivity index (χ0) is 15.6. The largest absolute Gasteiger partial charge is 0.192 e. The van der Waals surface area contributed by atoms with Crippen LogP contribution in [0, 0.1) is 29.1 Å². The van der Waals surface area contributed by atoms with E-state index in [0.717, 1.165) is 18.4 Å². The third-order valence-electron chi connectivity index (χ3n) is 4.87. The van der Waals surface area contributed by atoms with Crippen molar-refractivity contribution >= 4 is 0 Å². The fourth-order valence-corrected chi connectivity index (χ4v) is 3.54. The lowest BCUT2D eigenvalue weighted by Gasteiger charge is -2.28. The van der Waals surface area contributed by atoms with E-state index in [1.807, 2.05) is 33.8 Å². The summed E-state index contributed by atoms with van der Waals surface area (Å²) in [6.07, 6.45) is 3.58. The van der Waals surface area contributed by atoms with Crippen molar-refractivity contribution in [3.8, 4) is 6.07 Å². The minimum absolute atomic E-state index is 0.459. The van der Waals surface area contributed by atoms with Crippen LogP contribution in [0.3, 0.4) is 0 Å². The van der Waals surface area contributed by atoms with Crippen LogP contribution in [0.4, 0.5) is 0 Å². The molecule has 0 heterocycles. The predicted octanol–water partition coefficient (Wildman–Crippen LogP) is 5.43. The van der Waals surface area contributed by atoms with Crippen LogP contribution in [0.2, 0.25) is 0 Å². The fourth-order valence-electron chi connectivity index (χ4n) is 3.54. The molecule has 3 rings (SSSR count). The van der Waals surface area contributed by atoms with Gasteiger partial charge in [-0.1, -0.05) is 47.6 Å². The second kappa shape index (κ2) is 6.00. The van der Waals surface area contributed by atoms with E-state index in [4.69, 9.17) is 0 Å². The maximum atomic E-state index is 9.22. The normalized spacial score (nSPS) is 28.5. The molecule has 2 aliphatic rings. The first-order valence-electron chi connectivity index (χ1n) is 8.00. The van der Waals surface area contributed by atoms with Gasteiger partial charge in [-0.05, 0) is 59.8 Å². The van der Waals surface area contributed by atoms with Gasteiger partial charge in [0, 0.05) is 0 Å². The molecule has 0 N–H and O–H groups in total. The zero-order valence-corrected chi connectivity index (χ0v) is 14.2. The smallest absolute Gasteiger partial charge is 0.0994 e. The van der Waals surface area contributed by atoms with E-state index in [2.05, 4.69) is 32.9 Å². The highest BCUT2D eigenvalue weighted by Crippen LogP contribution is 2.69. The van der Waals surface area contributed by atoms with Gasteiger partial charge in [0.05, 0.1) is 11.6 Å². The first kappa shape index (κ1) is 16.8. The summed E-state index contributed by atoms with van der Waals surface area (Å²) in [7, 11) is 0. The predicted molar refractivity (Wildman–Crippen MR) is 86.8 cm³/mol. The number of benzene rings is 1. The van der Waals surface area contributed by atoms with Gasteiger partial charge in [0.15, 0.2) is 0 Å². The van der Waals surface area contributed by atoms with Crippen molar-refractivity contribution in [2.45, 2.75) is 67.7 Å². The summed E-state index contributed by atoms with van der Waals surface area (Å²) in [5.41, 5.74) is 5.84. The summed E-state index contributed by atoms with van der Waals surface area (Å²) < 4.78 is 0. The third kappa shape index (κ3) is 2.62. The second-order valence-corrected chi connectivity index (χ2v) is 6.21. The van der Waals surface area contributed by atoms with Crippen LogP contribution in [0.15, 0.2) is 12.1 Å². The van der Waals surface area contributed by atoms with Crippen molar-refractivity contribution in [3.05, 3.63) is 34.4 Å². The molecule has 1 heteroatoms. The van der Waals surface area contributed by atoms with Gasteiger partial charge in [0.25, 0.3) is 0 Å². The average Bonchev–Trinajstić information content (AvgIpc) is 3.01. The Bertz CT molecular complexity index is 523. The molecule has 0 radical (unpaired) electrons. The molecule has 2 atom stereocenters. The van der Waals surface area contributed by atoms with Crippen molar-refractivity contribution < 1.29 is 0 Å². The summed E-state index contributed by atoms with van der Waals surface area (Å²) in [4.78, 5) is 0. The van der Waals surface area contributed by atoms with Gasteiger partial charge in [-0.15, -0.1) is 0 Å². The Balaban J connectivity index is 0.000000461. The van der Waals surface area contributed by atoms with E-state index >= 15 is 0 Å². The first-order chi connectivity index (χ1) is 9.47. The van der Waals surface area contributed by atoms with E-state index in [1.54, 1.807) is 0 Å². The molecule has 1 nitrogen and oxygen atoms in total. The number of aryl methyl sites for hydroxylation is 1. The van der Waals surface area contributed by atoms with Crippen molar-refractivity contribution in [2.75, 3.05) is 0 Å². The number of nitrogens with zero attached hydrogens (tertiary/aromatic N) is 1. The SMILES string of the molecule is CC.CC.Cc1cc(C#N)c2c(c1)CC1(C)CC1(C)C2. The molecule has 110 valence electrons. The summed E-state index contributed by atoms with van der Waals surface area (Å²) >= 11 is 0. The minimum Gasteiger partial charge on any atom is -0.192 e. The Morgan fingerprint density at radius 1 is 1.00 bits per heavy atom. The quantitative estimate of drug-likeness (QED) is 0.617. The molecule has 1 saturated carbocycles. The molecule has 0 aromatic heterocycles. The fraction of sp³-hybridized carbons (Fsp3) is 0.632. The van der Waals surface area contributed by atoms with E-state index in [-0.39, 0.29) is 0 Å². The van der Waals surface area contributed by atoms with Gasteiger partial charge < -0.3 is 0 Å². The molecule has 1 fully saturated rings. The topological polar surface area (TPSA) is 23.8 Å². The van der Waals surface area contributed by atoms with Crippen LogP contribution in [-0.4, -0.2) is 0 Å². The monoisotopic (exact) mass is 271 g/mol. The van der Waals surface area contributed by atoms with E-state index < -0.39 is 0 Å². The molecule has 2 aliphatic carbocycles. The maximum Gasteiger partial charge on any atom is 0.0994 e. The van der Waals surface area contributed by atoms with Crippen LogP contribution in [0.5, 0.6) is 0 Å². The Kier molecular flexibility index (Phi) is 5.03. The summed E-state index contributed by atoms with van der Waals surface area (Å²) in [6.45, 7) is 14.9. The molecule has 20 heavy (non-hydrogen) atoms. The van der Waals surface area contributed by atoms with Crippen molar-refractivity contribution in [2.24, 2.45) is 10.8 Å². The van der Waals surface area contributed by atoms with Crippen molar-refractivity contribution in [3.63, 3.8) is 0 Å². The highest BCUT2D eigenvalue weighted by atomic mass is 14.7. The van der Waals surface area contributed by atoms with Gasteiger partial charge >= 0.3 is 0 Å². The molecule has 1 aromatic carbocycles. The van der Waals surface area contributed by atoms with Gasteiger partial charge in [0.1, 0.15) is 0 Å². The number of hydrogen-bond acceptors (Lipinski definition) is 1. The molecule has 0 spiro atoms. The Morgan fingerprint density at radius 2 is 1.55 bits per heavy atom. The van der Waals surface area contributed by atoms with E-state index in [1.165, 1.54) is 23.1 Å². The Morgan fingerprint density at radius 3 is 2.10 bits per heavy atom. The number of fused-ring (bicyclic) bond motifs is 2. The van der Waals surface area contributed by atoms with Crippen molar-refractivity contribution in [1.82, 2.24) is 0 Å². The molecule has 0 saturated heterocycles. The van der Waals surface area contributed by atoms with Gasteiger partial charge in [-0.3, -0.25) is 0 Å². The molecular formula is C19H29N.